The van der Waals surface area contributed by atoms with E-state index in [1.54, 1.807) is 7.11 Å². The third kappa shape index (κ3) is 3.88. The van der Waals surface area contributed by atoms with Crippen molar-refractivity contribution < 1.29 is 9.47 Å². The van der Waals surface area contributed by atoms with Gasteiger partial charge in [0.05, 0.1) is 19.2 Å². The average Bonchev–Trinajstić information content (AvgIpc) is 3.27. The Kier molecular flexibility index (Phi) is 5.10. The third-order valence-electron chi connectivity index (χ3n) is 4.46. The van der Waals surface area contributed by atoms with Crippen LogP contribution in [0.15, 0.2) is 53.6 Å². The van der Waals surface area contributed by atoms with Gasteiger partial charge in [0.25, 0.3) is 5.56 Å². The lowest BCUT2D eigenvalue weighted by atomic mass is 10.1. The van der Waals surface area contributed by atoms with Gasteiger partial charge in [0, 0.05) is 29.9 Å². The smallest absolute Gasteiger partial charge is 0.253 e. The molecule has 2 N–H and O–H groups in total. The maximum Gasteiger partial charge on any atom is 0.253 e. The lowest BCUT2D eigenvalue weighted by Crippen LogP contribution is -2.15. The maximum absolute atomic E-state index is 12.5. The number of benzene rings is 2. The number of methoxy groups -OCH3 is 1. The Hall–Kier alpha value is -3.88. The number of aromatic nitrogens is 5. The summed E-state index contributed by atoms with van der Waals surface area (Å²) in [4.78, 5) is 15.4. The third-order valence-corrected chi connectivity index (χ3v) is 4.46. The van der Waals surface area contributed by atoms with E-state index in [1.807, 2.05) is 49.4 Å². The van der Waals surface area contributed by atoms with Gasteiger partial charge in [0.2, 0.25) is 0 Å². The summed E-state index contributed by atoms with van der Waals surface area (Å²) in [5.74, 6) is 1.34. The molecule has 0 aliphatic rings. The Bertz CT molecular complexity index is 1190. The lowest BCUT2D eigenvalue weighted by molar-refractivity contribution is 0.340. The van der Waals surface area contributed by atoms with E-state index in [-0.39, 0.29) is 5.56 Å². The van der Waals surface area contributed by atoms with Crippen LogP contribution >= 0.6 is 0 Å². The van der Waals surface area contributed by atoms with Gasteiger partial charge in [-0.05, 0) is 53.1 Å². The number of rotatable bonds is 7. The minimum Gasteiger partial charge on any atom is -0.494 e. The number of H-pyrrole nitrogens is 1. The fourth-order valence-corrected chi connectivity index (χ4v) is 3.06. The molecular weight excluding hydrogens is 372 g/mol. The van der Waals surface area contributed by atoms with Crippen LogP contribution in [0, 0.1) is 0 Å². The van der Waals surface area contributed by atoms with Crippen molar-refractivity contribution in [1.82, 2.24) is 25.2 Å². The van der Waals surface area contributed by atoms with Crippen LogP contribution in [0.1, 0.15) is 12.5 Å². The predicted molar refractivity (Wildman–Crippen MR) is 109 cm³/mol. The molecule has 0 spiro atoms. The molecule has 0 atom stereocenters. The molecule has 0 radical (unpaired) electrons. The molecule has 0 saturated heterocycles. The predicted octanol–water partition coefficient (Wildman–Crippen LogP) is 2.52. The summed E-state index contributed by atoms with van der Waals surface area (Å²) < 4.78 is 12.4. The first kappa shape index (κ1) is 18.5. The Morgan fingerprint density at radius 3 is 2.83 bits per heavy atom. The number of tetrazole rings is 1. The Morgan fingerprint density at radius 2 is 2.07 bits per heavy atom. The second-order valence-electron chi connectivity index (χ2n) is 6.30. The van der Waals surface area contributed by atoms with E-state index >= 15 is 0 Å². The summed E-state index contributed by atoms with van der Waals surface area (Å²) >= 11 is 0. The van der Waals surface area contributed by atoms with Crippen LogP contribution in [0.2, 0.25) is 0 Å². The highest BCUT2D eigenvalue weighted by Gasteiger charge is 2.09. The first-order valence-corrected chi connectivity index (χ1v) is 9.12. The Balaban J connectivity index is 1.55. The van der Waals surface area contributed by atoms with Crippen LogP contribution in [-0.4, -0.2) is 38.9 Å². The van der Waals surface area contributed by atoms with Crippen molar-refractivity contribution in [3.63, 3.8) is 0 Å². The number of anilines is 1. The molecular formula is C20H20N6O3. The van der Waals surface area contributed by atoms with E-state index in [1.165, 1.54) is 11.0 Å². The molecule has 0 bridgehead atoms. The zero-order valence-corrected chi connectivity index (χ0v) is 16.0. The topological polar surface area (TPSA) is 107 Å². The second kappa shape index (κ2) is 8.01. The molecule has 2 heterocycles. The van der Waals surface area contributed by atoms with Gasteiger partial charge in [-0.15, -0.1) is 5.10 Å². The van der Waals surface area contributed by atoms with E-state index in [0.717, 1.165) is 28.0 Å². The summed E-state index contributed by atoms with van der Waals surface area (Å²) in [6.07, 6.45) is 1.50. The van der Waals surface area contributed by atoms with Gasteiger partial charge < -0.3 is 19.8 Å². The van der Waals surface area contributed by atoms with E-state index in [4.69, 9.17) is 9.47 Å². The van der Waals surface area contributed by atoms with Gasteiger partial charge >= 0.3 is 0 Å². The van der Waals surface area contributed by atoms with Crippen LogP contribution in [0.3, 0.4) is 0 Å². The number of nitrogens with one attached hydrogen (secondary N) is 2. The van der Waals surface area contributed by atoms with Crippen LogP contribution in [0.25, 0.3) is 16.6 Å². The summed E-state index contributed by atoms with van der Waals surface area (Å²) in [5, 5.41) is 15.4. The molecule has 9 nitrogen and oxygen atoms in total. The standard InChI is InChI=1S/C20H20N6O3/c1-3-29-16-6-4-13-8-14(20(27)23-17(13)10-16)11-21-15-5-7-18(19(9-15)28-2)26-12-22-24-25-26/h4-10,12,21H,3,11H2,1-2H3,(H,23,27). The molecule has 2 aromatic heterocycles. The molecule has 0 amide bonds. The first-order valence-electron chi connectivity index (χ1n) is 9.12. The highest BCUT2D eigenvalue weighted by atomic mass is 16.5. The van der Waals surface area contributed by atoms with Gasteiger partial charge in [0.1, 0.15) is 23.5 Å². The average molecular weight is 392 g/mol. The van der Waals surface area contributed by atoms with Crippen molar-refractivity contribution in [3.05, 3.63) is 64.7 Å². The van der Waals surface area contributed by atoms with Gasteiger partial charge in [-0.2, -0.15) is 4.68 Å². The number of pyridine rings is 1. The number of fused-ring (bicyclic) bond motifs is 1. The number of ether oxygens (including phenoxy) is 2. The SMILES string of the molecule is CCOc1ccc2cc(CNc3ccc(-n4cnnn4)c(OC)c3)c(=O)[nH]c2c1. The summed E-state index contributed by atoms with van der Waals surface area (Å²) in [6.45, 7) is 2.87. The van der Waals surface area contributed by atoms with Gasteiger partial charge in [-0.25, -0.2) is 0 Å². The first-order chi connectivity index (χ1) is 14.2. The number of hydrogen-bond acceptors (Lipinski definition) is 7. The molecule has 0 unspecified atom stereocenters. The molecule has 4 aromatic rings. The van der Waals surface area contributed by atoms with Crippen LogP contribution in [0.5, 0.6) is 11.5 Å². The van der Waals surface area contributed by atoms with Crippen molar-refractivity contribution in [2.75, 3.05) is 19.0 Å². The molecule has 0 fully saturated rings. The number of nitrogens with zero attached hydrogens (tertiary/aromatic N) is 4. The minimum absolute atomic E-state index is 0.143. The Morgan fingerprint density at radius 1 is 1.17 bits per heavy atom. The van der Waals surface area contributed by atoms with E-state index in [9.17, 15) is 4.79 Å². The quantitative estimate of drug-likeness (QED) is 0.498. The van der Waals surface area contributed by atoms with E-state index in [0.29, 0.717) is 24.5 Å². The van der Waals surface area contributed by atoms with Crippen LogP contribution in [0.4, 0.5) is 5.69 Å². The Labute approximate surface area is 166 Å². The molecule has 4 rings (SSSR count). The van der Waals surface area contributed by atoms with Crippen molar-refractivity contribution in [2.45, 2.75) is 13.5 Å². The maximum atomic E-state index is 12.5. The monoisotopic (exact) mass is 392 g/mol. The molecule has 9 heteroatoms. The molecule has 2 aromatic carbocycles. The number of hydrogen-bond donors (Lipinski definition) is 2. The largest absolute Gasteiger partial charge is 0.494 e. The molecule has 29 heavy (non-hydrogen) atoms. The van der Waals surface area contributed by atoms with Crippen molar-refractivity contribution in [3.8, 4) is 17.2 Å². The van der Waals surface area contributed by atoms with Gasteiger partial charge in [-0.1, -0.05) is 0 Å². The van der Waals surface area contributed by atoms with Crippen molar-refractivity contribution in [1.29, 1.82) is 0 Å². The zero-order valence-electron chi connectivity index (χ0n) is 16.0. The summed E-state index contributed by atoms with van der Waals surface area (Å²) in [6, 6.07) is 13.1. The molecule has 148 valence electrons. The second-order valence-corrected chi connectivity index (χ2v) is 6.30. The lowest BCUT2D eigenvalue weighted by Gasteiger charge is -2.12. The van der Waals surface area contributed by atoms with E-state index in [2.05, 4.69) is 25.8 Å². The summed E-state index contributed by atoms with van der Waals surface area (Å²) in [5.41, 5.74) is 2.76. The summed E-state index contributed by atoms with van der Waals surface area (Å²) in [7, 11) is 1.58. The highest BCUT2D eigenvalue weighted by Crippen LogP contribution is 2.26. The normalized spacial score (nSPS) is 10.8. The van der Waals surface area contributed by atoms with Crippen LogP contribution < -0.4 is 20.3 Å². The van der Waals surface area contributed by atoms with Crippen molar-refractivity contribution >= 4 is 16.6 Å². The van der Waals surface area contributed by atoms with E-state index < -0.39 is 0 Å². The minimum atomic E-state index is -0.143. The highest BCUT2D eigenvalue weighted by molar-refractivity contribution is 5.80. The van der Waals surface area contributed by atoms with Gasteiger partial charge in [0.15, 0.2) is 0 Å². The fourth-order valence-electron chi connectivity index (χ4n) is 3.06. The van der Waals surface area contributed by atoms with Gasteiger partial charge in [-0.3, -0.25) is 4.79 Å². The molecule has 0 aliphatic carbocycles. The molecule has 0 saturated carbocycles. The fraction of sp³-hybridized carbons (Fsp3) is 0.200. The number of aromatic amines is 1. The van der Waals surface area contributed by atoms with Crippen molar-refractivity contribution in [2.24, 2.45) is 0 Å². The molecule has 0 aliphatic heterocycles. The van der Waals surface area contributed by atoms with Crippen LogP contribution in [-0.2, 0) is 6.54 Å². The zero-order chi connectivity index (χ0) is 20.2.